The third-order valence-corrected chi connectivity index (χ3v) is 2.02. The molecule has 0 radical (unpaired) electrons. The second kappa shape index (κ2) is 5.49. The quantitative estimate of drug-likeness (QED) is 0.697. The van der Waals surface area contributed by atoms with Crippen molar-refractivity contribution in [3.63, 3.8) is 0 Å². The number of hydrogen-bond acceptors (Lipinski definition) is 2. The molecule has 0 spiro atoms. The number of ketones is 1. The van der Waals surface area contributed by atoms with E-state index in [1.165, 1.54) is 18.2 Å². The van der Waals surface area contributed by atoms with Gasteiger partial charge in [0.25, 0.3) is 0 Å². The van der Waals surface area contributed by atoms with Gasteiger partial charge in [-0.3, -0.25) is 4.79 Å². The zero-order valence-electron chi connectivity index (χ0n) is 9.05. The fourth-order valence-electron chi connectivity index (χ4n) is 1.36. The molecule has 1 aromatic rings. The Morgan fingerprint density at radius 2 is 2.13 bits per heavy atom. The van der Waals surface area contributed by atoms with Crippen molar-refractivity contribution in [1.82, 2.24) is 0 Å². The van der Waals surface area contributed by atoms with Gasteiger partial charge >= 0.3 is 0 Å². The average molecular weight is 210 g/mol. The molecule has 0 aliphatic carbocycles. The number of benzene rings is 1. The van der Waals surface area contributed by atoms with Crippen molar-refractivity contribution < 1.29 is 13.9 Å². The molecule has 0 aromatic heterocycles. The van der Waals surface area contributed by atoms with Gasteiger partial charge in [0.15, 0.2) is 5.78 Å². The highest BCUT2D eigenvalue weighted by Gasteiger charge is 2.12. The van der Waals surface area contributed by atoms with Gasteiger partial charge in [-0.2, -0.15) is 0 Å². The van der Waals surface area contributed by atoms with Crippen LogP contribution in [0.2, 0.25) is 0 Å². The molecular weight excluding hydrogens is 195 g/mol. The van der Waals surface area contributed by atoms with Crippen molar-refractivity contribution in [3.8, 4) is 5.75 Å². The van der Waals surface area contributed by atoms with Crippen molar-refractivity contribution in [2.75, 3.05) is 6.61 Å². The fraction of sp³-hybridized carbons (Fsp3) is 0.417. The molecular formula is C12H15FO2. The van der Waals surface area contributed by atoms with Crippen LogP contribution in [0.3, 0.4) is 0 Å². The predicted octanol–water partition coefficient (Wildman–Crippen LogP) is 3.21. The van der Waals surface area contributed by atoms with E-state index in [4.69, 9.17) is 4.74 Å². The molecule has 3 heteroatoms. The molecule has 82 valence electrons. The molecule has 0 aliphatic heterocycles. The lowest BCUT2D eigenvalue weighted by molar-refractivity contribution is 0.0977. The van der Waals surface area contributed by atoms with Crippen LogP contribution >= 0.6 is 0 Å². The van der Waals surface area contributed by atoms with Gasteiger partial charge in [-0.25, -0.2) is 4.39 Å². The molecule has 0 amide bonds. The molecule has 0 saturated heterocycles. The summed E-state index contributed by atoms with van der Waals surface area (Å²) in [6.45, 7) is 4.22. The SMILES string of the molecule is CCCC(=O)c1cc(F)ccc1OCC. The Morgan fingerprint density at radius 1 is 1.40 bits per heavy atom. The number of rotatable bonds is 5. The van der Waals surface area contributed by atoms with Gasteiger partial charge in [0, 0.05) is 6.42 Å². The van der Waals surface area contributed by atoms with Crippen molar-refractivity contribution in [2.45, 2.75) is 26.7 Å². The maximum Gasteiger partial charge on any atom is 0.166 e. The summed E-state index contributed by atoms with van der Waals surface area (Å²) >= 11 is 0. The molecule has 2 nitrogen and oxygen atoms in total. The molecule has 0 N–H and O–H groups in total. The smallest absolute Gasteiger partial charge is 0.166 e. The first-order valence-corrected chi connectivity index (χ1v) is 5.14. The summed E-state index contributed by atoms with van der Waals surface area (Å²) in [5, 5.41) is 0. The summed E-state index contributed by atoms with van der Waals surface area (Å²) in [4.78, 5) is 11.6. The van der Waals surface area contributed by atoms with Gasteiger partial charge in [-0.05, 0) is 31.5 Å². The first kappa shape index (κ1) is 11.7. The maximum absolute atomic E-state index is 13.0. The Balaban J connectivity index is 3.00. The highest BCUT2D eigenvalue weighted by atomic mass is 19.1. The maximum atomic E-state index is 13.0. The number of carbonyl (C=O) groups is 1. The predicted molar refractivity (Wildman–Crippen MR) is 56.8 cm³/mol. The van der Waals surface area contributed by atoms with E-state index in [1.807, 2.05) is 13.8 Å². The summed E-state index contributed by atoms with van der Waals surface area (Å²) in [5.74, 6) is -0.00398. The van der Waals surface area contributed by atoms with Gasteiger partial charge in [0.1, 0.15) is 11.6 Å². The van der Waals surface area contributed by atoms with Crippen LogP contribution in [0, 0.1) is 5.82 Å². The largest absolute Gasteiger partial charge is 0.493 e. The Kier molecular flexibility index (Phi) is 4.28. The third-order valence-electron chi connectivity index (χ3n) is 2.02. The van der Waals surface area contributed by atoms with Crippen molar-refractivity contribution in [3.05, 3.63) is 29.6 Å². The minimum atomic E-state index is -0.405. The molecule has 0 atom stereocenters. The van der Waals surface area contributed by atoms with Crippen molar-refractivity contribution >= 4 is 5.78 Å². The van der Waals surface area contributed by atoms with Crippen LogP contribution < -0.4 is 4.74 Å². The number of halogens is 1. The fourth-order valence-corrected chi connectivity index (χ4v) is 1.36. The van der Waals surface area contributed by atoms with Crippen LogP contribution in [-0.4, -0.2) is 12.4 Å². The molecule has 0 unspecified atom stereocenters. The molecule has 0 heterocycles. The second-order valence-corrected chi connectivity index (χ2v) is 3.25. The van der Waals surface area contributed by atoms with Crippen molar-refractivity contribution in [2.24, 2.45) is 0 Å². The van der Waals surface area contributed by atoms with Gasteiger partial charge in [0.05, 0.1) is 12.2 Å². The Labute approximate surface area is 89.1 Å². The lowest BCUT2D eigenvalue weighted by Gasteiger charge is -2.08. The lowest BCUT2D eigenvalue weighted by Crippen LogP contribution is -2.04. The lowest BCUT2D eigenvalue weighted by atomic mass is 10.1. The monoisotopic (exact) mass is 210 g/mol. The van der Waals surface area contributed by atoms with E-state index >= 15 is 0 Å². The van der Waals surface area contributed by atoms with E-state index < -0.39 is 5.82 Å². The minimum absolute atomic E-state index is 0.0690. The van der Waals surface area contributed by atoms with Gasteiger partial charge in [-0.1, -0.05) is 6.92 Å². The third kappa shape index (κ3) is 3.05. The molecule has 0 aliphatic rings. The van der Waals surface area contributed by atoms with Crippen LogP contribution in [0.25, 0.3) is 0 Å². The molecule has 0 fully saturated rings. The molecule has 1 aromatic carbocycles. The molecule has 15 heavy (non-hydrogen) atoms. The zero-order chi connectivity index (χ0) is 11.3. The van der Waals surface area contributed by atoms with E-state index in [1.54, 1.807) is 0 Å². The topological polar surface area (TPSA) is 26.3 Å². The summed E-state index contributed by atoms with van der Waals surface area (Å²) in [6.07, 6.45) is 1.17. The standard InChI is InChI=1S/C12H15FO2/c1-3-5-11(14)10-8-9(13)6-7-12(10)15-4-2/h6-8H,3-5H2,1-2H3. The van der Waals surface area contributed by atoms with E-state index in [2.05, 4.69) is 0 Å². The molecule has 0 bridgehead atoms. The first-order valence-electron chi connectivity index (χ1n) is 5.14. The highest BCUT2D eigenvalue weighted by Crippen LogP contribution is 2.21. The number of Topliss-reactive ketones (excluding diaryl/α,β-unsaturated/α-hetero) is 1. The zero-order valence-corrected chi connectivity index (χ0v) is 9.05. The molecule has 0 saturated carbocycles. The average Bonchev–Trinajstić information content (AvgIpc) is 2.21. The van der Waals surface area contributed by atoms with Crippen molar-refractivity contribution in [1.29, 1.82) is 0 Å². The number of hydrogen-bond donors (Lipinski definition) is 0. The number of ether oxygens (including phenoxy) is 1. The minimum Gasteiger partial charge on any atom is -0.493 e. The Hall–Kier alpha value is -1.38. The number of carbonyl (C=O) groups excluding carboxylic acids is 1. The van der Waals surface area contributed by atoms with Crippen LogP contribution in [0.15, 0.2) is 18.2 Å². The summed E-state index contributed by atoms with van der Waals surface area (Å²) in [5.41, 5.74) is 0.346. The van der Waals surface area contributed by atoms with E-state index in [-0.39, 0.29) is 5.78 Å². The normalized spacial score (nSPS) is 10.1. The van der Waals surface area contributed by atoms with Crippen LogP contribution in [0.1, 0.15) is 37.0 Å². The first-order chi connectivity index (χ1) is 7.19. The van der Waals surface area contributed by atoms with Crippen LogP contribution in [-0.2, 0) is 0 Å². The van der Waals surface area contributed by atoms with Crippen LogP contribution in [0.4, 0.5) is 4.39 Å². The van der Waals surface area contributed by atoms with Gasteiger partial charge < -0.3 is 4.74 Å². The molecule has 1 rings (SSSR count). The van der Waals surface area contributed by atoms with Crippen LogP contribution in [0.5, 0.6) is 5.75 Å². The summed E-state index contributed by atoms with van der Waals surface area (Å²) in [6, 6.07) is 4.04. The summed E-state index contributed by atoms with van der Waals surface area (Å²) < 4.78 is 18.3. The van der Waals surface area contributed by atoms with E-state index in [9.17, 15) is 9.18 Å². The Bertz CT molecular complexity index is 347. The Morgan fingerprint density at radius 3 is 2.73 bits per heavy atom. The van der Waals surface area contributed by atoms with E-state index in [0.717, 1.165) is 6.42 Å². The highest BCUT2D eigenvalue weighted by molar-refractivity contribution is 5.98. The van der Waals surface area contributed by atoms with Gasteiger partial charge in [0.2, 0.25) is 0 Å². The van der Waals surface area contributed by atoms with Gasteiger partial charge in [-0.15, -0.1) is 0 Å². The second-order valence-electron chi connectivity index (χ2n) is 3.25. The van der Waals surface area contributed by atoms with E-state index in [0.29, 0.717) is 24.3 Å². The summed E-state index contributed by atoms with van der Waals surface area (Å²) in [7, 11) is 0.